The van der Waals surface area contributed by atoms with Crippen LogP contribution in [0.5, 0.6) is 0 Å². The summed E-state index contributed by atoms with van der Waals surface area (Å²) < 4.78 is 16.0. The first-order valence-corrected chi connectivity index (χ1v) is 10.1. The molecule has 1 saturated carbocycles. The molecule has 1 N–H and O–H groups in total. The first-order valence-electron chi connectivity index (χ1n) is 8.56. The lowest BCUT2D eigenvalue weighted by Gasteiger charge is -2.26. The monoisotopic (exact) mass is 470 g/mol. The van der Waals surface area contributed by atoms with Crippen molar-refractivity contribution in [3.63, 3.8) is 0 Å². The molecule has 0 radical (unpaired) electrons. The third kappa shape index (κ3) is 5.02. The number of hydrazine groups is 1. The molecule has 6 heteroatoms. The summed E-state index contributed by atoms with van der Waals surface area (Å²) >= 11 is 6.88. The molecule has 3 unspecified atom stereocenters. The van der Waals surface area contributed by atoms with E-state index in [-0.39, 0.29) is 17.7 Å². The van der Waals surface area contributed by atoms with Gasteiger partial charge in [0.2, 0.25) is 0 Å². The van der Waals surface area contributed by atoms with Crippen molar-refractivity contribution in [1.29, 1.82) is 0 Å². The predicted octanol–water partition coefficient (Wildman–Crippen LogP) is 4.89. The van der Waals surface area contributed by atoms with Gasteiger partial charge in [0, 0.05) is 39.9 Å². The Kier molecular flexibility index (Phi) is 6.47. The van der Waals surface area contributed by atoms with Crippen LogP contribution >= 0.6 is 31.9 Å². The molecule has 0 aromatic heterocycles. The van der Waals surface area contributed by atoms with E-state index in [0.29, 0.717) is 0 Å². The van der Waals surface area contributed by atoms with Gasteiger partial charge in [-0.05, 0) is 62.4 Å². The van der Waals surface area contributed by atoms with Crippen molar-refractivity contribution in [1.82, 2.24) is 10.4 Å². The molecule has 1 amide bonds. The van der Waals surface area contributed by atoms with Crippen molar-refractivity contribution < 1.29 is 9.18 Å². The number of hydrogen-bond donors (Lipinski definition) is 1. The van der Waals surface area contributed by atoms with Crippen LogP contribution in [-0.2, 0) is 4.79 Å². The summed E-state index contributed by atoms with van der Waals surface area (Å²) in [6.07, 6.45) is 9.39. The van der Waals surface area contributed by atoms with Crippen LogP contribution < -0.4 is 5.43 Å². The average Bonchev–Trinajstić information content (AvgIpc) is 3.24. The quantitative estimate of drug-likeness (QED) is 0.489. The van der Waals surface area contributed by atoms with Gasteiger partial charge >= 0.3 is 0 Å². The highest BCUT2D eigenvalue weighted by molar-refractivity contribution is 9.13. The van der Waals surface area contributed by atoms with E-state index in [1.807, 2.05) is 29.3 Å². The Hall–Kier alpha value is -0.980. The van der Waals surface area contributed by atoms with Gasteiger partial charge in [-0.15, -0.1) is 0 Å². The normalized spacial score (nSPS) is 27.1. The molecule has 1 saturated heterocycles. The van der Waals surface area contributed by atoms with E-state index in [9.17, 15) is 9.18 Å². The van der Waals surface area contributed by atoms with Gasteiger partial charge in [-0.3, -0.25) is 10.2 Å². The molecular weight excluding hydrogens is 451 g/mol. The van der Waals surface area contributed by atoms with Gasteiger partial charge in [-0.1, -0.05) is 30.7 Å². The average molecular weight is 472 g/mol. The first-order chi connectivity index (χ1) is 12.1. The Morgan fingerprint density at radius 3 is 2.64 bits per heavy atom. The van der Waals surface area contributed by atoms with Crippen LogP contribution in [0.25, 0.3) is 0 Å². The molecule has 3 atom stereocenters. The topological polar surface area (TPSA) is 32.3 Å². The smallest absolute Gasteiger partial charge is 0.258 e. The Balaban J connectivity index is 1.48. The number of piperidine rings is 1. The van der Waals surface area contributed by atoms with E-state index in [1.54, 1.807) is 12.2 Å². The molecule has 1 aromatic rings. The largest absolute Gasteiger partial charge is 0.285 e. The van der Waals surface area contributed by atoms with E-state index < -0.39 is 6.17 Å². The van der Waals surface area contributed by atoms with Crippen molar-refractivity contribution in [3.05, 3.63) is 57.0 Å². The SMILES string of the molecule is O=C(/C=C/C=C/C1C(F)C1c1ccc(Br)c(Br)c1)NN1CCCCC1. The number of rotatable bonds is 5. The summed E-state index contributed by atoms with van der Waals surface area (Å²) in [6, 6.07) is 5.83. The maximum Gasteiger partial charge on any atom is 0.258 e. The second kappa shape index (κ2) is 8.60. The van der Waals surface area contributed by atoms with Gasteiger partial charge in [0.15, 0.2) is 0 Å². The minimum Gasteiger partial charge on any atom is -0.285 e. The van der Waals surface area contributed by atoms with E-state index in [0.717, 1.165) is 40.4 Å². The van der Waals surface area contributed by atoms with E-state index in [4.69, 9.17) is 0 Å². The van der Waals surface area contributed by atoms with Crippen LogP contribution in [0, 0.1) is 5.92 Å². The number of halogens is 3. The molecular formula is C19H21Br2FN2O. The second-order valence-electron chi connectivity index (χ2n) is 6.49. The molecule has 25 heavy (non-hydrogen) atoms. The molecule has 3 rings (SSSR count). The lowest BCUT2D eigenvalue weighted by Crippen LogP contribution is -2.44. The summed E-state index contributed by atoms with van der Waals surface area (Å²) in [5, 5.41) is 1.96. The summed E-state index contributed by atoms with van der Waals surface area (Å²) in [5.41, 5.74) is 3.86. The number of carbonyl (C=O) groups is 1. The molecule has 1 aromatic carbocycles. The van der Waals surface area contributed by atoms with Gasteiger partial charge in [-0.2, -0.15) is 0 Å². The minimum atomic E-state index is -0.861. The minimum absolute atomic E-state index is 0.101. The maximum absolute atomic E-state index is 14.1. The molecule has 1 aliphatic carbocycles. The number of carbonyl (C=O) groups excluding carboxylic acids is 1. The number of alkyl halides is 1. The molecule has 1 aliphatic heterocycles. The Morgan fingerprint density at radius 1 is 1.16 bits per heavy atom. The fourth-order valence-corrected chi connectivity index (χ4v) is 3.82. The molecule has 2 aliphatic rings. The van der Waals surface area contributed by atoms with Crippen LogP contribution in [0.3, 0.4) is 0 Å². The summed E-state index contributed by atoms with van der Waals surface area (Å²) in [5.74, 6) is -0.355. The number of hydrogen-bond acceptors (Lipinski definition) is 2. The highest BCUT2D eigenvalue weighted by atomic mass is 79.9. The van der Waals surface area contributed by atoms with Crippen molar-refractivity contribution >= 4 is 37.8 Å². The van der Waals surface area contributed by atoms with Gasteiger partial charge in [0.1, 0.15) is 6.17 Å². The van der Waals surface area contributed by atoms with Gasteiger partial charge < -0.3 is 0 Å². The third-order valence-electron chi connectivity index (χ3n) is 4.63. The molecule has 0 bridgehead atoms. The number of amides is 1. The van der Waals surface area contributed by atoms with Crippen molar-refractivity contribution in [2.45, 2.75) is 31.4 Å². The second-order valence-corrected chi connectivity index (χ2v) is 8.20. The zero-order valence-corrected chi connectivity index (χ0v) is 17.0. The zero-order chi connectivity index (χ0) is 17.8. The Bertz CT molecular complexity index is 686. The zero-order valence-electron chi connectivity index (χ0n) is 13.8. The highest BCUT2D eigenvalue weighted by Gasteiger charge is 2.50. The van der Waals surface area contributed by atoms with Gasteiger partial charge in [0.05, 0.1) is 0 Å². The third-order valence-corrected chi connectivity index (χ3v) is 6.51. The van der Waals surface area contributed by atoms with Crippen LogP contribution in [0.15, 0.2) is 51.4 Å². The van der Waals surface area contributed by atoms with E-state index >= 15 is 0 Å². The lowest BCUT2D eigenvalue weighted by molar-refractivity contribution is -0.121. The molecule has 1 heterocycles. The first kappa shape index (κ1) is 18.8. The number of allylic oxidation sites excluding steroid dienone is 3. The van der Waals surface area contributed by atoms with Crippen molar-refractivity contribution in [3.8, 4) is 0 Å². The molecule has 3 nitrogen and oxygen atoms in total. The fraction of sp³-hybridized carbons (Fsp3) is 0.421. The maximum atomic E-state index is 14.1. The highest BCUT2D eigenvalue weighted by Crippen LogP contribution is 2.51. The standard InChI is InChI=1S/C19H21Br2FN2O/c20-15-9-8-13(12-16(15)21)18-14(19(18)22)6-2-3-7-17(25)23-24-10-4-1-5-11-24/h2-3,6-9,12,14,18-19H,1,4-5,10-11H2,(H,23,25)/b6-2+,7-3+. The fourth-order valence-electron chi connectivity index (χ4n) is 3.18. The van der Waals surface area contributed by atoms with Crippen LogP contribution in [0.1, 0.15) is 30.7 Å². The predicted molar refractivity (Wildman–Crippen MR) is 105 cm³/mol. The molecule has 2 fully saturated rings. The number of nitrogens with zero attached hydrogens (tertiary/aromatic N) is 1. The van der Waals surface area contributed by atoms with Crippen molar-refractivity contribution in [2.75, 3.05) is 13.1 Å². The van der Waals surface area contributed by atoms with E-state index in [2.05, 4.69) is 37.3 Å². The summed E-state index contributed by atoms with van der Waals surface area (Å²) in [7, 11) is 0. The van der Waals surface area contributed by atoms with E-state index in [1.165, 1.54) is 12.5 Å². The molecule has 134 valence electrons. The Morgan fingerprint density at radius 2 is 1.92 bits per heavy atom. The van der Waals surface area contributed by atoms with Gasteiger partial charge in [0.25, 0.3) is 5.91 Å². The van der Waals surface area contributed by atoms with Crippen molar-refractivity contribution in [2.24, 2.45) is 5.92 Å². The summed E-state index contributed by atoms with van der Waals surface area (Å²) in [4.78, 5) is 11.8. The number of benzene rings is 1. The summed E-state index contributed by atoms with van der Waals surface area (Å²) in [6.45, 7) is 1.82. The van der Waals surface area contributed by atoms with Gasteiger partial charge in [-0.25, -0.2) is 9.40 Å². The Labute approximate surface area is 164 Å². The lowest BCUT2D eigenvalue weighted by atomic mass is 10.1. The van der Waals surface area contributed by atoms with Crippen LogP contribution in [0.2, 0.25) is 0 Å². The van der Waals surface area contributed by atoms with Crippen LogP contribution in [0.4, 0.5) is 4.39 Å². The molecule has 0 spiro atoms. The number of nitrogens with one attached hydrogen (secondary N) is 1. The van der Waals surface area contributed by atoms with Crippen LogP contribution in [-0.4, -0.2) is 30.2 Å².